The van der Waals surface area contributed by atoms with Gasteiger partial charge in [0.05, 0.1) is 11.1 Å². The smallest absolute Gasteiger partial charge is 0.274 e. The summed E-state index contributed by atoms with van der Waals surface area (Å²) in [7, 11) is 3.67. The van der Waals surface area contributed by atoms with Gasteiger partial charge in [-0.05, 0) is 56.6 Å². The quantitative estimate of drug-likeness (QED) is 0.342. The highest BCUT2D eigenvalue weighted by Crippen LogP contribution is 2.18. The fourth-order valence-corrected chi connectivity index (χ4v) is 4.01. The number of benzene rings is 1. The summed E-state index contributed by atoms with van der Waals surface area (Å²) in [6.07, 6.45) is 6.93. The van der Waals surface area contributed by atoms with E-state index in [9.17, 15) is 9.59 Å². The molecule has 0 saturated carbocycles. The molecule has 2 aromatic heterocycles. The van der Waals surface area contributed by atoms with Gasteiger partial charge in [-0.1, -0.05) is 23.7 Å². The molecular weight excluding hydrogens is 466 g/mol. The number of aromatic nitrogens is 3. The van der Waals surface area contributed by atoms with Gasteiger partial charge >= 0.3 is 0 Å². The second-order valence-corrected chi connectivity index (χ2v) is 9.09. The summed E-state index contributed by atoms with van der Waals surface area (Å²) in [4.78, 5) is 31.2. The van der Waals surface area contributed by atoms with Crippen molar-refractivity contribution in [3.63, 3.8) is 0 Å². The number of nitrogens with one attached hydrogen (secondary N) is 1. The van der Waals surface area contributed by atoms with E-state index in [1.807, 2.05) is 31.3 Å². The van der Waals surface area contributed by atoms with Gasteiger partial charge in [-0.15, -0.1) is 0 Å². The lowest BCUT2D eigenvalue weighted by atomic mass is 10.1. The number of carbonyl (C=O) groups excluding carboxylic acids is 1. The molecule has 1 aromatic carbocycles. The number of pyridine rings is 1. The SMILES string of the molecule is COCCCC(=O)NCCN(C)CCCCn1nc(Cc2ccc(Cl)cc2)c2cnccc2c1=O. The molecule has 188 valence electrons. The highest BCUT2D eigenvalue weighted by molar-refractivity contribution is 6.30. The van der Waals surface area contributed by atoms with Crippen LogP contribution in [0.15, 0.2) is 47.5 Å². The molecule has 0 fully saturated rings. The first-order valence-electron chi connectivity index (χ1n) is 12.0. The van der Waals surface area contributed by atoms with Crippen LogP contribution < -0.4 is 10.9 Å². The third-order valence-corrected chi connectivity index (χ3v) is 6.10. The predicted molar refractivity (Wildman–Crippen MR) is 139 cm³/mol. The topological polar surface area (TPSA) is 89.3 Å². The number of rotatable bonds is 14. The van der Waals surface area contributed by atoms with Crippen LogP contribution in [0.5, 0.6) is 0 Å². The van der Waals surface area contributed by atoms with Gasteiger partial charge in [0.15, 0.2) is 0 Å². The van der Waals surface area contributed by atoms with Crippen LogP contribution in [-0.2, 0) is 22.5 Å². The van der Waals surface area contributed by atoms with Gasteiger partial charge in [0.25, 0.3) is 5.56 Å². The van der Waals surface area contributed by atoms with Crippen molar-refractivity contribution in [1.82, 2.24) is 25.0 Å². The number of amides is 1. The largest absolute Gasteiger partial charge is 0.385 e. The Kier molecular flexibility index (Phi) is 10.7. The van der Waals surface area contributed by atoms with Crippen LogP contribution in [0.2, 0.25) is 5.02 Å². The monoisotopic (exact) mass is 499 g/mol. The lowest BCUT2D eigenvalue weighted by Crippen LogP contribution is -2.33. The van der Waals surface area contributed by atoms with Crippen molar-refractivity contribution in [1.29, 1.82) is 0 Å². The van der Waals surface area contributed by atoms with E-state index < -0.39 is 0 Å². The molecule has 3 rings (SSSR count). The van der Waals surface area contributed by atoms with E-state index in [1.54, 1.807) is 30.3 Å². The van der Waals surface area contributed by atoms with Gasteiger partial charge in [0, 0.05) is 69.0 Å². The minimum atomic E-state index is -0.0909. The van der Waals surface area contributed by atoms with E-state index in [0.29, 0.717) is 42.9 Å². The zero-order valence-corrected chi connectivity index (χ0v) is 21.3. The minimum Gasteiger partial charge on any atom is -0.385 e. The second kappa shape index (κ2) is 13.9. The maximum Gasteiger partial charge on any atom is 0.274 e. The number of likely N-dealkylation sites (N-methyl/N-ethyl adjacent to an activating group) is 1. The number of ether oxygens (including phenoxy) is 1. The molecule has 1 amide bonds. The van der Waals surface area contributed by atoms with Crippen molar-refractivity contribution in [3.05, 3.63) is 69.4 Å². The van der Waals surface area contributed by atoms with Crippen molar-refractivity contribution >= 4 is 28.3 Å². The van der Waals surface area contributed by atoms with Crippen molar-refractivity contribution in [3.8, 4) is 0 Å². The number of hydrogen-bond donors (Lipinski definition) is 1. The standard InChI is InChI=1S/C26H34ClN5O3/c1-31(16-13-29-25(33)6-5-17-35-2)14-3-4-15-32-26(34)22-11-12-28-19-23(22)24(30-32)18-20-7-9-21(27)10-8-20/h7-12,19H,3-6,13-18H2,1-2H3,(H,29,33). The van der Waals surface area contributed by atoms with E-state index in [4.69, 9.17) is 21.4 Å². The molecule has 0 aliphatic rings. The Labute approximate surface area is 211 Å². The van der Waals surface area contributed by atoms with Gasteiger partial charge < -0.3 is 15.0 Å². The Morgan fingerprint density at radius 2 is 1.91 bits per heavy atom. The van der Waals surface area contributed by atoms with E-state index in [2.05, 4.69) is 15.2 Å². The van der Waals surface area contributed by atoms with E-state index in [1.165, 1.54) is 0 Å². The van der Waals surface area contributed by atoms with Crippen LogP contribution in [-0.4, -0.2) is 66.0 Å². The zero-order valence-electron chi connectivity index (χ0n) is 20.5. The molecule has 2 heterocycles. The molecule has 0 aliphatic heterocycles. The minimum absolute atomic E-state index is 0.0572. The number of aryl methyl sites for hydroxylation is 1. The Hall–Kier alpha value is -2.81. The summed E-state index contributed by atoms with van der Waals surface area (Å²) >= 11 is 6.02. The lowest BCUT2D eigenvalue weighted by Gasteiger charge is -2.17. The number of methoxy groups -OCH3 is 1. The fourth-order valence-electron chi connectivity index (χ4n) is 3.88. The predicted octanol–water partition coefficient (Wildman–Crippen LogP) is 3.29. The molecule has 0 unspecified atom stereocenters. The van der Waals surface area contributed by atoms with Crippen molar-refractivity contribution < 1.29 is 9.53 Å². The first-order valence-corrected chi connectivity index (χ1v) is 12.4. The van der Waals surface area contributed by atoms with Crippen LogP contribution in [0.1, 0.15) is 36.9 Å². The van der Waals surface area contributed by atoms with E-state index in [0.717, 1.165) is 49.0 Å². The van der Waals surface area contributed by atoms with Crippen molar-refractivity contribution in [2.75, 3.05) is 40.4 Å². The number of nitrogens with zero attached hydrogens (tertiary/aromatic N) is 4. The number of fused-ring (bicyclic) bond motifs is 1. The average molecular weight is 500 g/mol. The van der Waals surface area contributed by atoms with Crippen molar-refractivity contribution in [2.45, 2.75) is 38.6 Å². The summed E-state index contributed by atoms with van der Waals surface area (Å²) in [6, 6.07) is 9.42. The molecule has 0 spiro atoms. The van der Waals surface area contributed by atoms with Crippen LogP contribution in [0.4, 0.5) is 0 Å². The van der Waals surface area contributed by atoms with Gasteiger partial charge in [0.2, 0.25) is 5.91 Å². The van der Waals surface area contributed by atoms with E-state index in [-0.39, 0.29) is 11.5 Å². The number of hydrogen-bond acceptors (Lipinski definition) is 6. The molecular formula is C26H34ClN5O3. The summed E-state index contributed by atoms with van der Waals surface area (Å²) < 4.78 is 6.54. The molecule has 0 atom stereocenters. The molecule has 9 heteroatoms. The molecule has 0 radical (unpaired) electrons. The zero-order chi connectivity index (χ0) is 25.0. The molecule has 35 heavy (non-hydrogen) atoms. The fraction of sp³-hybridized carbons (Fsp3) is 0.462. The molecule has 0 bridgehead atoms. The average Bonchev–Trinajstić information content (AvgIpc) is 2.86. The summed E-state index contributed by atoms with van der Waals surface area (Å²) in [5.41, 5.74) is 1.81. The molecule has 3 aromatic rings. The Balaban J connectivity index is 1.52. The van der Waals surface area contributed by atoms with Gasteiger partial charge in [0.1, 0.15) is 0 Å². The van der Waals surface area contributed by atoms with Crippen LogP contribution in [0.3, 0.4) is 0 Å². The van der Waals surface area contributed by atoms with Crippen LogP contribution in [0, 0.1) is 0 Å². The Morgan fingerprint density at radius 1 is 1.11 bits per heavy atom. The number of carbonyl (C=O) groups is 1. The molecule has 0 saturated heterocycles. The second-order valence-electron chi connectivity index (χ2n) is 8.66. The lowest BCUT2D eigenvalue weighted by molar-refractivity contribution is -0.121. The van der Waals surface area contributed by atoms with Crippen molar-refractivity contribution in [2.24, 2.45) is 0 Å². The number of halogens is 1. The normalized spacial score (nSPS) is 11.3. The third kappa shape index (κ3) is 8.42. The third-order valence-electron chi connectivity index (χ3n) is 5.85. The molecule has 8 nitrogen and oxygen atoms in total. The Morgan fingerprint density at radius 3 is 2.69 bits per heavy atom. The number of unbranched alkanes of at least 4 members (excludes halogenated alkanes) is 1. The maximum absolute atomic E-state index is 13.0. The highest BCUT2D eigenvalue weighted by atomic mass is 35.5. The van der Waals surface area contributed by atoms with Crippen LogP contribution >= 0.6 is 11.6 Å². The molecule has 0 aliphatic carbocycles. The summed E-state index contributed by atoms with van der Waals surface area (Å²) in [6.45, 7) is 3.43. The first-order chi connectivity index (χ1) is 17.0. The molecule has 1 N–H and O–H groups in total. The van der Waals surface area contributed by atoms with E-state index >= 15 is 0 Å². The maximum atomic E-state index is 13.0. The van der Waals surface area contributed by atoms with Crippen LogP contribution in [0.25, 0.3) is 10.8 Å². The Bertz CT molecular complexity index is 1150. The van der Waals surface area contributed by atoms with Gasteiger partial charge in [-0.2, -0.15) is 5.10 Å². The van der Waals surface area contributed by atoms with Gasteiger partial charge in [-0.25, -0.2) is 4.68 Å². The summed E-state index contributed by atoms with van der Waals surface area (Å²) in [5.74, 6) is 0.0572. The van der Waals surface area contributed by atoms with Gasteiger partial charge in [-0.3, -0.25) is 14.6 Å². The highest BCUT2D eigenvalue weighted by Gasteiger charge is 2.12. The first kappa shape index (κ1) is 26.8. The summed E-state index contributed by atoms with van der Waals surface area (Å²) in [5, 5.41) is 9.74.